The van der Waals surface area contributed by atoms with Crippen LogP contribution in [-0.2, 0) is 4.74 Å². The van der Waals surface area contributed by atoms with Crippen molar-refractivity contribution in [3.8, 4) is 0 Å². The SMILES string of the molecule is CCCCN(C)c1ccc(C(=N)/C=C(\N)C(C)OCC)cn1. The number of aromatic nitrogens is 1. The van der Waals surface area contributed by atoms with Crippen LogP contribution in [0.3, 0.4) is 0 Å². The van der Waals surface area contributed by atoms with Crippen molar-refractivity contribution < 1.29 is 4.74 Å². The summed E-state index contributed by atoms with van der Waals surface area (Å²) >= 11 is 0. The lowest BCUT2D eigenvalue weighted by atomic mass is 10.1. The van der Waals surface area contributed by atoms with Crippen LogP contribution < -0.4 is 10.6 Å². The molecule has 5 nitrogen and oxygen atoms in total. The second-order valence-corrected chi connectivity index (χ2v) is 5.34. The number of unbranched alkanes of at least 4 members (excludes halogenated alkanes) is 1. The Hall–Kier alpha value is -1.88. The molecule has 0 saturated heterocycles. The molecule has 0 bridgehead atoms. The van der Waals surface area contributed by atoms with E-state index < -0.39 is 0 Å². The van der Waals surface area contributed by atoms with Gasteiger partial charge < -0.3 is 20.8 Å². The van der Waals surface area contributed by atoms with Gasteiger partial charge in [0, 0.05) is 37.7 Å². The minimum absolute atomic E-state index is 0.183. The number of hydrogen-bond donors (Lipinski definition) is 2. The number of rotatable bonds is 9. The monoisotopic (exact) mass is 304 g/mol. The molecule has 1 atom stereocenters. The predicted molar refractivity (Wildman–Crippen MR) is 92.6 cm³/mol. The van der Waals surface area contributed by atoms with Crippen molar-refractivity contribution in [2.24, 2.45) is 5.73 Å². The Bertz CT molecular complexity index is 496. The fourth-order valence-corrected chi connectivity index (χ4v) is 1.99. The van der Waals surface area contributed by atoms with E-state index in [0.29, 0.717) is 18.0 Å². The lowest BCUT2D eigenvalue weighted by Gasteiger charge is -2.17. The van der Waals surface area contributed by atoms with Crippen molar-refractivity contribution in [3.63, 3.8) is 0 Å². The van der Waals surface area contributed by atoms with Gasteiger partial charge in [-0.1, -0.05) is 13.3 Å². The summed E-state index contributed by atoms with van der Waals surface area (Å²) in [6.45, 7) is 7.56. The van der Waals surface area contributed by atoms with Crippen molar-refractivity contribution >= 4 is 11.5 Å². The van der Waals surface area contributed by atoms with E-state index in [4.69, 9.17) is 15.9 Å². The van der Waals surface area contributed by atoms with Gasteiger partial charge in [0.2, 0.25) is 0 Å². The first-order valence-corrected chi connectivity index (χ1v) is 7.84. The Morgan fingerprint density at radius 1 is 1.45 bits per heavy atom. The number of allylic oxidation sites excluding steroid dienone is 1. The van der Waals surface area contributed by atoms with Gasteiger partial charge in [-0.05, 0) is 38.5 Å². The van der Waals surface area contributed by atoms with Crippen LogP contribution in [0.25, 0.3) is 0 Å². The number of nitrogens with one attached hydrogen (secondary N) is 1. The third-order valence-electron chi connectivity index (χ3n) is 3.49. The molecule has 1 aromatic rings. The molecule has 3 N–H and O–H groups in total. The number of hydrogen-bond acceptors (Lipinski definition) is 5. The van der Waals surface area contributed by atoms with Gasteiger partial charge in [0.05, 0.1) is 11.8 Å². The predicted octanol–water partition coefficient (Wildman–Crippen LogP) is 2.95. The molecule has 1 rings (SSSR count). The van der Waals surface area contributed by atoms with Gasteiger partial charge in [-0.15, -0.1) is 0 Å². The summed E-state index contributed by atoms with van der Waals surface area (Å²) < 4.78 is 5.42. The van der Waals surface area contributed by atoms with E-state index in [2.05, 4.69) is 16.8 Å². The summed E-state index contributed by atoms with van der Waals surface area (Å²) in [5.41, 5.74) is 7.59. The van der Waals surface area contributed by atoms with Crippen molar-refractivity contribution in [1.29, 1.82) is 5.41 Å². The first-order chi connectivity index (χ1) is 10.5. The topological polar surface area (TPSA) is 75.2 Å². The number of nitrogens with two attached hydrogens (primary N) is 1. The lowest BCUT2D eigenvalue weighted by molar-refractivity contribution is 0.100. The fraction of sp³-hybridized carbons (Fsp3) is 0.529. The van der Waals surface area contributed by atoms with Crippen molar-refractivity contribution in [2.45, 2.75) is 39.7 Å². The van der Waals surface area contributed by atoms with Crippen LogP contribution in [0.5, 0.6) is 0 Å². The van der Waals surface area contributed by atoms with Crippen molar-refractivity contribution in [1.82, 2.24) is 4.98 Å². The minimum atomic E-state index is -0.183. The Balaban J connectivity index is 2.73. The molecule has 0 amide bonds. The highest BCUT2D eigenvalue weighted by Gasteiger charge is 2.08. The van der Waals surface area contributed by atoms with Crippen molar-refractivity contribution in [2.75, 3.05) is 25.1 Å². The van der Waals surface area contributed by atoms with Crippen LogP contribution in [0.4, 0.5) is 5.82 Å². The second kappa shape index (κ2) is 9.20. The zero-order chi connectivity index (χ0) is 16.5. The average Bonchev–Trinajstić information content (AvgIpc) is 2.52. The third-order valence-corrected chi connectivity index (χ3v) is 3.49. The Morgan fingerprint density at radius 3 is 2.73 bits per heavy atom. The molecule has 0 aromatic carbocycles. The number of anilines is 1. The van der Waals surface area contributed by atoms with Crippen LogP contribution in [0.1, 0.15) is 39.2 Å². The van der Waals surface area contributed by atoms with E-state index in [1.54, 1.807) is 12.3 Å². The molecule has 0 aliphatic carbocycles. The molecule has 1 heterocycles. The zero-order valence-electron chi connectivity index (χ0n) is 14.1. The summed E-state index contributed by atoms with van der Waals surface area (Å²) in [6.07, 6.45) is 5.48. The molecule has 0 aliphatic rings. The molecule has 0 saturated carbocycles. The van der Waals surface area contributed by atoms with E-state index in [-0.39, 0.29) is 6.10 Å². The maximum Gasteiger partial charge on any atom is 0.128 e. The van der Waals surface area contributed by atoms with Gasteiger partial charge in [-0.25, -0.2) is 4.98 Å². The highest BCUT2D eigenvalue weighted by Crippen LogP contribution is 2.12. The quantitative estimate of drug-likeness (QED) is 0.688. The molecule has 5 heteroatoms. The van der Waals surface area contributed by atoms with Gasteiger partial charge in [-0.2, -0.15) is 0 Å². The van der Waals surface area contributed by atoms with E-state index in [1.807, 2.05) is 33.0 Å². The average molecular weight is 304 g/mol. The molecular weight excluding hydrogens is 276 g/mol. The summed E-state index contributed by atoms with van der Waals surface area (Å²) in [4.78, 5) is 6.55. The smallest absolute Gasteiger partial charge is 0.128 e. The summed E-state index contributed by atoms with van der Waals surface area (Å²) in [6, 6.07) is 3.85. The summed E-state index contributed by atoms with van der Waals surface area (Å²) in [5, 5.41) is 8.11. The van der Waals surface area contributed by atoms with Gasteiger partial charge in [0.15, 0.2) is 0 Å². The van der Waals surface area contributed by atoms with Gasteiger partial charge in [0.25, 0.3) is 0 Å². The van der Waals surface area contributed by atoms with Crippen LogP contribution in [0.15, 0.2) is 30.1 Å². The van der Waals surface area contributed by atoms with Crippen LogP contribution in [0.2, 0.25) is 0 Å². The molecule has 0 radical (unpaired) electrons. The molecule has 122 valence electrons. The van der Waals surface area contributed by atoms with E-state index in [1.165, 1.54) is 0 Å². The summed E-state index contributed by atoms with van der Waals surface area (Å²) in [7, 11) is 2.03. The van der Waals surface area contributed by atoms with Gasteiger partial charge in [0.1, 0.15) is 5.82 Å². The molecule has 22 heavy (non-hydrogen) atoms. The molecule has 0 aliphatic heterocycles. The lowest BCUT2D eigenvalue weighted by Crippen LogP contribution is -2.20. The molecule has 1 aromatic heterocycles. The molecule has 0 fully saturated rings. The number of pyridine rings is 1. The highest BCUT2D eigenvalue weighted by molar-refractivity contribution is 6.06. The Labute approximate surface area is 133 Å². The standard InChI is InChI=1S/C17H28N4O/c1-5-7-10-21(4)17-9-8-14(12-20-17)16(19)11-15(18)13(3)22-6-2/h8-9,11-13,19H,5-7,10,18H2,1-4H3/b15-11-,19-16?. The zero-order valence-corrected chi connectivity index (χ0v) is 14.1. The third kappa shape index (κ3) is 5.48. The minimum Gasteiger partial charge on any atom is -0.400 e. The van der Waals surface area contributed by atoms with Crippen LogP contribution in [0, 0.1) is 5.41 Å². The van der Waals surface area contributed by atoms with Gasteiger partial charge >= 0.3 is 0 Å². The van der Waals surface area contributed by atoms with E-state index >= 15 is 0 Å². The van der Waals surface area contributed by atoms with E-state index in [0.717, 1.165) is 30.8 Å². The second-order valence-electron chi connectivity index (χ2n) is 5.34. The fourth-order valence-electron chi connectivity index (χ4n) is 1.99. The van der Waals surface area contributed by atoms with E-state index in [9.17, 15) is 0 Å². The summed E-state index contributed by atoms with van der Waals surface area (Å²) in [5.74, 6) is 0.921. The molecule has 1 unspecified atom stereocenters. The normalized spacial score (nSPS) is 13.0. The maximum absolute atomic E-state index is 8.11. The van der Waals surface area contributed by atoms with Gasteiger partial charge in [-0.3, -0.25) is 0 Å². The Morgan fingerprint density at radius 2 is 2.18 bits per heavy atom. The van der Waals surface area contributed by atoms with Crippen LogP contribution >= 0.6 is 0 Å². The molecule has 0 spiro atoms. The first kappa shape index (κ1) is 18.2. The largest absolute Gasteiger partial charge is 0.400 e. The van der Waals surface area contributed by atoms with Crippen molar-refractivity contribution in [3.05, 3.63) is 35.7 Å². The Kier molecular flexibility index (Phi) is 7.60. The number of ether oxygens (including phenoxy) is 1. The first-order valence-electron chi connectivity index (χ1n) is 7.84. The molecular formula is C17H28N4O. The number of nitrogens with zero attached hydrogens (tertiary/aromatic N) is 2. The van der Waals surface area contributed by atoms with Crippen LogP contribution in [-0.4, -0.2) is 37.0 Å². The maximum atomic E-state index is 8.11. The highest BCUT2D eigenvalue weighted by atomic mass is 16.5.